The minimum Gasteiger partial charge on any atom is -0.494 e. The molecule has 0 aromatic heterocycles. The monoisotopic (exact) mass is 545 g/mol. The number of aliphatic hydroxyl groups is 1. The molecule has 0 saturated carbocycles. The fraction of sp³-hybridized carbons (Fsp3) is 0.200. The number of ether oxygens (including phenoxy) is 2. The Morgan fingerprint density at radius 1 is 1.03 bits per heavy atom. The Kier molecular flexibility index (Phi) is 8.96. The van der Waals surface area contributed by atoms with Gasteiger partial charge in [0, 0.05) is 22.6 Å². The average Bonchev–Trinajstić information content (AvgIpc) is 3.18. The summed E-state index contributed by atoms with van der Waals surface area (Å²) in [4.78, 5) is 36.7. The van der Waals surface area contributed by atoms with Crippen LogP contribution in [0.15, 0.2) is 100 Å². The van der Waals surface area contributed by atoms with E-state index in [9.17, 15) is 24.8 Å². The van der Waals surface area contributed by atoms with E-state index >= 15 is 0 Å². The molecular formula is C30H27NO7S. The molecule has 0 heterocycles. The zero-order valence-electron chi connectivity index (χ0n) is 21.2. The lowest BCUT2D eigenvalue weighted by molar-refractivity contribution is -0.384. The average molecular weight is 546 g/mol. The molecule has 1 N–H and O–H groups in total. The number of para-hydroxylation sites is 1. The lowest BCUT2D eigenvalue weighted by Crippen LogP contribution is -2.28. The van der Waals surface area contributed by atoms with Crippen LogP contribution in [-0.4, -0.2) is 41.1 Å². The third kappa shape index (κ3) is 7.01. The van der Waals surface area contributed by atoms with Crippen molar-refractivity contribution >= 4 is 35.3 Å². The number of non-ortho nitro benzene ring substituents is 1. The van der Waals surface area contributed by atoms with Crippen molar-refractivity contribution < 1.29 is 29.1 Å². The normalized spacial score (nSPS) is 17.6. The number of hydrogen-bond acceptors (Lipinski definition) is 8. The highest BCUT2D eigenvalue weighted by Gasteiger charge is 2.41. The van der Waals surface area contributed by atoms with Crippen molar-refractivity contribution in [1.29, 1.82) is 0 Å². The molecule has 1 atom stereocenters. The molecule has 0 fully saturated rings. The van der Waals surface area contributed by atoms with Gasteiger partial charge in [-0.2, -0.15) is 0 Å². The molecule has 0 saturated heterocycles. The third-order valence-corrected chi connectivity index (χ3v) is 7.22. The van der Waals surface area contributed by atoms with Crippen molar-refractivity contribution in [3.63, 3.8) is 0 Å². The third-order valence-electron chi connectivity index (χ3n) is 6.19. The van der Waals surface area contributed by atoms with Crippen molar-refractivity contribution in [2.75, 3.05) is 13.7 Å². The summed E-state index contributed by atoms with van der Waals surface area (Å²) in [5, 5.41) is 22.6. The maximum Gasteiger partial charge on any atom is 0.337 e. The Balaban J connectivity index is 1.53. The number of nitrogens with zero attached hydrogens (tertiary/aromatic N) is 1. The first kappa shape index (κ1) is 27.8. The van der Waals surface area contributed by atoms with Crippen LogP contribution in [0.5, 0.6) is 5.75 Å². The number of unbranched alkanes of at least 4 members (excludes halogenated alkanes) is 1. The molecule has 3 aromatic carbocycles. The fourth-order valence-corrected chi connectivity index (χ4v) is 5.11. The minimum atomic E-state index is -1.51. The number of thioether (sulfide) groups is 1. The zero-order valence-corrected chi connectivity index (χ0v) is 22.1. The van der Waals surface area contributed by atoms with Gasteiger partial charge in [-0.1, -0.05) is 42.1 Å². The molecule has 4 rings (SSSR count). The molecule has 0 amide bonds. The Morgan fingerprint density at radius 2 is 1.72 bits per heavy atom. The Bertz CT molecular complexity index is 1400. The second-order valence-electron chi connectivity index (χ2n) is 8.91. The molecule has 1 aliphatic rings. The maximum absolute atomic E-state index is 13.5. The van der Waals surface area contributed by atoms with Crippen LogP contribution in [0.2, 0.25) is 0 Å². The molecule has 3 aromatic rings. The topological polar surface area (TPSA) is 116 Å². The highest BCUT2D eigenvalue weighted by Crippen LogP contribution is 2.43. The van der Waals surface area contributed by atoms with E-state index in [1.54, 1.807) is 48.6 Å². The number of nitro groups is 1. The van der Waals surface area contributed by atoms with Gasteiger partial charge in [0.05, 0.1) is 29.1 Å². The van der Waals surface area contributed by atoms with Gasteiger partial charge >= 0.3 is 5.97 Å². The van der Waals surface area contributed by atoms with Gasteiger partial charge in [0.2, 0.25) is 0 Å². The predicted molar refractivity (Wildman–Crippen MR) is 149 cm³/mol. The second-order valence-corrected chi connectivity index (χ2v) is 10.0. The van der Waals surface area contributed by atoms with Gasteiger partial charge in [0.1, 0.15) is 11.4 Å². The summed E-state index contributed by atoms with van der Waals surface area (Å²) in [5.74, 6) is -0.0211. The van der Waals surface area contributed by atoms with Gasteiger partial charge in [0.15, 0.2) is 5.78 Å². The number of Topliss-reactive ketones (excluding diaryl/α,β-unsaturated/α-hetero) is 1. The van der Waals surface area contributed by atoms with Crippen LogP contribution < -0.4 is 4.74 Å². The van der Waals surface area contributed by atoms with E-state index in [-0.39, 0.29) is 17.0 Å². The SMILES string of the molecule is COC(=O)c1ccc(/C=C2/C(=O)C(Sc3ccc([N+](=O)[O-])cc3)=CC2(O)CCCCOc2ccccc2)cc1. The number of benzene rings is 3. The van der Waals surface area contributed by atoms with Gasteiger partial charge in [-0.05, 0) is 73.4 Å². The van der Waals surface area contributed by atoms with Crippen LogP contribution in [0.25, 0.3) is 6.08 Å². The van der Waals surface area contributed by atoms with Crippen LogP contribution in [0.4, 0.5) is 5.69 Å². The lowest BCUT2D eigenvalue weighted by atomic mass is 9.89. The number of hydrogen-bond donors (Lipinski definition) is 1. The van der Waals surface area contributed by atoms with Crippen molar-refractivity contribution in [3.05, 3.63) is 117 Å². The highest BCUT2D eigenvalue weighted by molar-refractivity contribution is 8.04. The van der Waals surface area contributed by atoms with Gasteiger partial charge < -0.3 is 14.6 Å². The van der Waals surface area contributed by atoms with Crippen molar-refractivity contribution in [3.8, 4) is 5.75 Å². The number of esters is 1. The molecule has 1 aliphatic carbocycles. The van der Waals surface area contributed by atoms with Crippen LogP contribution in [0, 0.1) is 10.1 Å². The van der Waals surface area contributed by atoms with Gasteiger partial charge in [-0.25, -0.2) is 4.79 Å². The standard InChI is InChI=1S/C30H27NO7S/c1-37-29(33)22-11-9-21(10-12-22)19-26-28(32)27(39-25-15-13-23(14-16-25)31(35)36)20-30(26,34)17-5-6-18-38-24-7-3-2-4-8-24/h2-4,7-16,19-20,34H,5-6,17-18H2,1H3/b26-19-. The van der Waals surface area contributed by atoms with Gasteiger partial charge in [-0.3, -0.25) is 14.9 Å². The van der Waals surface area contributed by atoms with E-state index in [1.165, 1.54) is 19.2 Å². The zero-order chi connectivity index (χ0) is 27.8. The second kappa shape index (κ2) is 12.6. The van der Waals surface area contributed by atoms with E-state index in [4.69, 9.17) is 9.47 Å². The molecule has 0 aliphatic heterocycles. The van der Waals surface area contributed by atoms with E-state index in [0.717, 1.165) is 17.5 Å². The van der Waals surface area contributed by atoms with Crippen molar-refractivity contribution in [2.24, 2.45) is 0 Å². The summed E-state index contributed by atoms with van der Waals surface area (Å²) in [6.07, 6.45) is 4.76. The lowest BCUT2D eigenvalue weighted by Gasteiger charge is -2.22. The highest BCUT2D eigenvalue weighted by atomic mass is 32.2. The largest absolute Gasteiger partial charge is 0.494 e. The Hall–Kier alpha value is -4.21. The summed E-state index contributed by atoms with van der Waals surface area (Å²) >= 11 is 1.15. The van der Waals surface area contributed by atoms with Crippen LogP contribution in [0.1, 0.15) is 35.2 Å². The van der Waals surface area contributed by atoms with E-state index in [0.29, 0.717) is 46.8 Å². The van der Waals surface area contributed by atoms with E-state index < -0.39 is 16.5 Å². The first-order valence-corrected chi connectivity index (χ1v) is 13.1. The van der Waals surface area contributed by atoms with E-state index in [2.05, 4.69) is 0 Å². The quantitative estimate of drug-likeness (QED) is 0.102. The minimum absolute atomic E-state index is 0.0451. The molecule has 0 bridgehead atoms. The summed E-state index contributed by atoms with van der Waals surface area (Å²) in [6, 6.07) is 21.9. The fourth-order valence-electron chi connectivity index (χ4n) is 4.13. The number of rotatable bonds is 11. The van der Waals surface area contributed by atoms with E-state index in [1.807, 2.05) is 30.3 Å². The van der Waals surface area contributed by atoms with Crippen molar-refractivity contribution in [2.45, 2.75) is 29.8 Å². The molecule has 8 nitrogen and oxygen atoms in total. The number of nitro benzene ring substituents is 1. The number of methoxy groups -OCH3 is 1. The van der Waals surface area contributed by atoms with Gasteiger partial charge in [0.25, 0.3) is 5.69 Å². The number of allylic oxidation sites excluding steroid dienone is 1. The first-order valence-electron chi connectivity index (χ1n) is 12.3. The number of ketones is 1. The predicted octanol–water partition coefficient (Wildman–Crippen LogP) is 6.00. The summed E-state index contributed by atoms with van der Waals surface area (Å²) in [5.41, 5.74) is -0.308. The summed E-state index contributed by atoms with van der Waals surface area (Å²) in [7, 11) is 1.30. The van der Waals surface area contributed by atoms with Crippen LogP contribution in [-0.2, 0) is 9.53 Å². The summed E-state index contributed by atoms with van der Waals surface area (Å²) in [6.45, 7) is 0.468. The smallest absolute Gasteiger partial charge is 0.337 e. The maximum atomic E-state index is 13.5. The van der Waals surface area contributed by atoms with Crippen molar-refractivity contribution in [1.82, 2.24) is 0 Å². The molecule has 9 heteroatoms. The molecule has 39 heavy (non-hydrogen) atoms. The van der Waals surface area contributed by atoms with Crippen LogP contribution in [0.3, 0.4) is 0 Å². The molecule has 0 radical (unpaired) electrons. The Morgan fingerprint density at radius 3 is 2.36 bits per heavy atom. The summed E-state index contributed by atoms with van der Waals surface area (Å²) < 4.78 is 10.5. The van der Waals surface area contributed by atoms with Crippen LogP contribution >= 0.6 is 11.8 Å². The first-order chi connectivity index (χ1) is 18.8. The molecule has 200 valence electrons. The van der Waals surface area contributed by atoms with Gasteiger partial charge in [-0.15, -0.1) is 0 Å². The molecule has 0 spiro atoms. The number of carbonyl (C=O) groups excluding carboxylic acids is 2. The number of carbonyl (C=O) groups is 2. The Labute approximate surface area is 230 Å². The molecule has 1 unspecified atom stereocenters. The molecular weight excluding hydrogens is 518 g/mol.